The number of methoxy groups -OCH3 is 1. The SMILES string of the molecule is COc1cccc2c1OC[C@@H](Cc1ccc(N(C)CCO)nn1)C2. The van der Waals surface area contributed by atoms with Gasteiger partial charge < -0.3 is 19.5 Å². The molecular formula is C18H23N3O3. The molecule has 0 saturated heterocycles. The molecule has 1 aromatic heterocycles. The van der Waals surface area contributed by atoms with Crippen LogP contribution in [0.25, 0.3) is 0 Å². The van der Waals surface area contributed by atoms with Gasteiger partial charge >= 0.3 is 0 Å². The average molecular weight is 329 g/mol. The van der Waals surface area contributed by atoms with Crippen LogP contribution in [0.5, 0.6) is 11.5 Å². The Morgan fingerprint density at radius 1 is 1.29 bits per heavy atom. The van der Waals surface area contributed by atoms with Crippen LogP contribution in [0.1, 0.15) is 11.3 Å². The zero-order valence-corrected chi connectivity index (χ0v) is 14.1. The maximum absolute atomic E-state index is 8.97. The largest absolute Gasteiger partial charge is 0.493 e. The van der Waals surface area contributed by atoms with Gasteiger partial charge in [0, 0.05) is 19.5 Å². The van der Waals surface area contributed by atoms with Crippen LogP contribution in [0.15, 0.2) is 30.3 Å². The summed E-state index contributed by atoms with van der Waals surface area (Å²) in [6.07, 6.45) is 1.77. The minimum atomic E-state index is 0.0994. The van der Waals surface area contributed by atoms with Crippen molar-refractivity contribution in [3.8, 4) is 11.5 Å². The highest BCUT2D eigenvalue weighted by atomic mass is 16.5. The van der Waals surface area contributed by atoms with E-state index in [-0.39, 0.29) is 6.61 Å². The van der Waals surface area contributed by atoms with Crippen LogP contribution in [0.4, 0.5) is 5.82 Å². The van der Waals surface area contributed by atoms with Crippen molar-refractivity contribution >= 4 is 5.82 Å². The summed E-state index contributed by atoms with van der Waals surface area (Å²) in [6.45, 7) is 1.30. The molecule has 0 amide bonds. The summed E-state index contributed by atoms with van der Waals surface area (Å²) in [5.74, 6) is 2.80. The van der Waals surface area contributed by atoms with Crippen molar-refractivity contribution in [2.24, 2.45) is 5.92 Å². The molecule has 24 heavy (non-hydrogen) atoms. The number of aliphatic hydroxyl groups excluding tert-OH is 1. The Kier molecular flexibility index (Phi) is 5.15. The van der Waals surface area contributed by atoms with E-state index in [4.69, 9.17) is 14.6 Å². The molecule has 1 aromatic carbocycles. The second kappa shape index (κ2) is 7.49. The predicted octanol–water partition coefficient (Wildman–Crippen LogP) is 1.71. The lowest BCUT2D eigenvalue weighted by atomic mass is 9.92. The summed E-state index contributed by atoms with van der Waals surface area (Å²) in [7, 11) is 3.55. The second-order valence-corrected chi connectivity index (χ2v) is 6.06. The number of hydrogen-bond acceptors (Lipinski definition) is 6. The first kappa shape index (κ1) is 16.5. The number of aromatic nitrogens is 2. The van der Waals surface area contributed by atoms with Crippen molar-refractivity contribution in [2.75, 3.05) is 38.8 Å². The first-order valence-corrected chi connectivity index (χ1v) is 8.14. The molecule has 1 aliphatic heterocycles. The topological polar surface area (TPSA) is 67.7 Å². The van der Waals surface area contributed by atoms with Gasteiger partial charge in [-0.25, -0.2) is 0 Å². The molecule has 0 fully saturated rings. The second-order valence-electron chi connectivity index (χ2n) is 6.06. The van der Waals surface area contributed by atoms with Gasteiger partial charge in [-0.3, -0.25) is 0 Å². The lowest BCUT2D eigenvalue weighted by Crippen LogP contribution is -2.24. The molecule has 128 valence electrons. The molecule has 0 saturated carbocycles. The van der Waals surface area contributed by atoms with Gasteiger partial charge in [-0.2, -0.15) is 5.10 Å². The highest BCUT2D eigenvalue weighted by molar-refractivity contribution is 5.47. The number of benzene rings is 1. The number of likely N-dealkylation sites (N-methyl/N-ethyl adjacent to an activating group) is 1. The van der Waals surface area contributed by atoms with Crippen molar-refractivity contribution in [3.63, 3.8) is 0 Å². The fourth-order valence-corrected chi connectivity index (χ4v) is 2.97. The van der Waals surface area contributed by atoms with Crippen LogP contribution < -0.4 is 14.4 Å². The highest BCUT2D eigenvalue weighted by Crippen LogP contribution is 2.36. The minimum Gasteiger partial charge on any atom is -0.493 e. The first-order chi connectivity index (χ1) is 11.7. The van der Waals surface area contributed by atoms with E-state index < -0.39 is 0 Å². The lowest BCUT2D eigenvalue weighted by Gasteiger charge is -2.26. The highest BCUT2D eigenvalue weighted by Gasteiger charge is 2.23. The maximum atomic E-state index is 8.97. The molecule has 0 aliphatic carbocycles. The lowest BCUT2D eigenvalue weighted by molar-refractivity contribution is 0.210. The fourth-order valence-electron chi connectivity index (χ4n) is 2.97. The van der Waals surface area contributed by atoms with E-state index in [1.54, 1.807) is 7.11 Å². The fraction of sp³-hybridized carbons (Fsp3) is 0.444. The minimum absolute atomic E-state index is 0.0994. The Morgan fingerprint density at radius 3 is 2.88 bits per heavy atom. The number of anilines is 1. The van der Waals surface area contributed by atoms with E-state index in [0.29, 0.717) is 19.1 Å². The molecule has 0 unspecified atom stereocenters. The van der Waals surface area contributed by atoms with E-state index in [0.717, 1.165) is 35.9 Å². The van der Waals surface area contributed by atoms with Crippen molar-refractivity contribution in [1.29, 1.82) is 0 Å². The zero-order chi connectivity index (χ0) is 16.9. The molecular weight excluding hydrogens is 306 g/mol. The quantitative estimate of drug-likeness (QED) is 0.870. The van der Waals surface area contributed by atoms with Crippen LogP contribution >= 0.6 is 0 Å². The van der Waals surface area contributed by atoms with Crippen LogP contribution in [-0.2, 0) is 12.8 Å². The summed E-state index contributed by atoms with van der Waals surface area (Å²) in [5, 5.41) is 17.5. The van der Waals surface area contributed by atoms with Gasteiger partial charge in [0.1, 0.15) is 0 Å². The number of nitrogens with zero attached hydrogens (tertiary/aromatic N) is 3. The van der Waals surface area contributed by atoms with Gasteiger partial charge in [-0.1, -0.05) is 12.1 Å². The van der Waals surface area contributed by atoms with Gasteiger partial charge in [0.15, 0.2) is 17.3 Å². The monoisotopic (exact) mass is 329 g/mol. The molecule has 0 bridgehead atoms. The third-order valence-corrected chi connectivity index (χ3v) is 4.28. The Balaban J connectivity index is 1.65. The van der Waals surface area contributed by atoms with Crippen LogP contribution in [-0.4, -0.2) is 49.2 Å². The summed E-state index contributed by atoms with van der Waals surface area (Å²) in [4.78, 5) is 1.88. The van der Waals surface area contributed by atoms with Crippen LogP contribution in [0.3, 0.4) is 0 Å². The number of ether oxygens (including phenoxy) is 2. The van der Waals surface area contributed by atoms with Gasteiger partial charge in [0.05, 0.1) is 26.0 Å². The molecule has 2 heterocycles. The van der Waals surface area contributed by atoms with Crippen molar-refractivity contribution in [1.82, 2.24) is 10.2 Å². The molecule has 3 rings (SSSR count). The molecule has 1 atom stereocenters. The van der Waals surface area contributed by atoms with Crippen molar-refractivity contribution in [3.05, 3.63) is 41.6 Å². The third kappa shape index (κ3) is 3.59. The van der Waals surface area contributed by atoms with E-state index in [9.17, 15) is 0 Å². The van der Waals surface area contributed by atoms with Gasteiger partial charge in [0.25, 0.3) is 0 Å². The summed E-state index contributed by atoms with van der Waals surface area (Å²) in [6, 6.07) is 9.94. The third-order valence-electron chi connectivity index (χ3n) is 4.28. The molecule has 6 nitrogen and oxygen atoms in total. The molecule has 0 radical (unpaired) electrons. The molecule has 2 aromatic rings. The average Bonchev–Trinajstić information content (AvgIpc) is 2.62. The Morgan fingerprint density at radius 2 is 2.17 bits per heavy atom. The molecule has 1 aliphatic rings. The summed E-state index contributed by atoms with van der Waals surface area (Å²) < 4.78 is 11.3. The summed E-state index contributed by atoms with van der Waals surface area (Å²) in [5.41, 5.74) is 2.13. The molecule has 6 heteroatoms. The number of aliphatic hydroxyl groups is 1. The van der Waals surface area contributed by atoms with Gasteiger partial charge in [-0.15, -0.1) is 5.10 Å². The Hall–Kier alpha value is -2.34. The standard InChI is InChI=1S/C18H23N3O3/c1-21(8-9-22)17-7-6-15(19-20-17)11-13-10-14-4-3-5-16(23-2)18(14)24-12-13/h3-7,13,22H,8-12H2,1-2H3/t13-/m1/s1. The Labute approximate surface area is 142 Å². The number of para-hydroxylation sites is 1. The van der Waals surface area contributed by atoms with E-state index >= 15 is 0 Å². The Bertz CT molecular complexity index is 676. The van der Waals surface area contributed by atoms with Crippen LogP contribution in [0, 0.1) is 5.92 Å². The van der Waals surface area contributed by atoms with E-state index in [1.165, 1.54) is 5.56 Å². The zero-order valence-electron chi connectivity index (χ0n) is 14.1. The van der Waals surface area contributed by atoms with E-state index in [1.807, 2.05) is 36.2 Å². The number of fused-ring (bicyclic) bond motifs is 1. The number of hydrogen-bond donors (Lipinski definition) is 1. The normalized spacial score (nSPS) is 16.2. The smallest absolute Gasteiger partial charge is 0.164 e. The number of rotatable bonds is 6. The predicted molar refractivity (Wildman–Crippen MR) is 91.8 cm³/mol. The van der Waals surface area contributed by atoms with Crippen LogP contribution in [0.2, 0.25) is 0 Å². The first-order valence-electron chi connectivity index (χ1n) is 8.14. The molecule has 0 spiro atoms. The van der Waals surface area contributed by atoms with Gasteiger partial charge in [-0.05, 0) is 36.6 Å². The maximum Gasteiger partial charge on any atom is 0.164 e. The van der Waals surface area contributed by atoms with Crippen molar-refractivity contribution in [2.45, 2.75) is 12.8 Å². The summed E-state index contributed by atoms with van der Waals surface area (Å²) >= 11 is 0. The van der Waals surface area contributed by atoms with E-state index in [2.05, 4.69) is 16.3 Å². The van der Waals surface area contributed by atoms with Gasteiger partial charge in [0.2, 0.25) is 0 Å². The van der Waals surface area contributed by atoms with Crippen molar-refractivity contribution < 1.29 is 14.6 Å². The molecule has 1 N–H and O–H groups in total.